The molecule has 0 fully saturated rings. The minimum absolute atomic E-state index is 0.0797. The first-order chi connectivity index (χ1) is 10.0. The monoisotopic (exact) mass is 323 g/mol. The van der Waals surface area contributed by atoms with Crippen molar-refractivity contribution in [2.24, 2.45) is 0 Å². The molecule has 2 aromatic rings. The Morgan fingerprint density at radius 3 is 2.38 bits per heavy atom. The molecule has 0 saturated carbocycles. The van der Waals surface area contributed by atoms with Gasteiger partial charge in [-0.3, -0.25) is 4.79 Å². The number of rotatable bonds is 4. The van der Waals surface area contributed by atoms with E-state index in [-0.39, 0.29) is 11.9 Å². The molecule has 1 aromatic heterocycles. The van der Waals surface area contributed by atoms with Gasteiger partial charge in [-0.15, -0.1) is 11.3 Å². The fraction of sp³-hybridized carbons (Fsp3) is 0.200. The van der Waals surface area contributed by atoms with Gasteiger partial charge in [0.05, 0.1) is 21.9 Å². The number of nitrogens with zero attached hydrogens (tertiary/aromatic N) is 1. The number of amides is 1. The Kier molecular flexibility index (Phi) is 4.98. The molecule has 0 unspecified atom stereocenters. The Labute approximate surface area is 131 Å². The third kappa shape index (κ3) is 3.83. The minimum atomic E-state index is -0.376. The molecule has 0 saturated heterocycles. The van der Waals surface area contributed by atoms with Gasteiger partial charge in [-0.25, -0.2) is 4.79 Å². The van der Waals surface area contributed by atoms with Gasteiger partial charge in [0.25, 0.3) is 5.91 Å². The molecule has 0 bridgehead atoms. The molecule has 0 aliphatic heterocycles. The molecule has 4 nitrogen and oxygen atoms in total. The number of esters is 1. The topological polar surface area (TPSA) is 46.6 Å². The molecule has 0 spiro atoms. The van der Waals surface area contributed by atoms with Crippen LogP contribution >= 0.6 is 22.9 Å². The maximum absolute atomic E-state index is 12.2. The van der Waals surface area contributed by atoms with E-state index in [0.29, 0.717) is 21.3 Å². The number of methoxy groups -OCH3 is 1. The SMILES string of the molecule is COC(=O)c1ccc(CN(C)C(=O)c2ccc(Cl)s2)cc1. The summed E-state index contributed by atoms with van der Waals surface area (Å²) in [4.78, 5) is 25.7. The molecule has 21 heavy (non-hydrogen) atoms. The number of carbonyl (C=O) groups excluding carboxylic acids is 2. The van der Waals surface area contributed by atoms with Gasteiger partial charge in [-0.1, -0.05) is 23.7 Å². The second-order valence-corrected chi connectivity index (χ2v) is 6.17. The molecule has 2 rings (SSSR count). The molecule has 0 aliphatic rings. The lowest BCUT2D eigenvalue weighted by Gasteiger charge is -2.16. The Balaban J connectivity index is 2.04. The summed E-state index contributed by atoms with van der Waals surface area (Å²) in [5, 5.41) is 0. The van der Waals surface area contributed by atoms with Crippen molar-refractivity contribution in [1.82, 2.24) is 4.90 Å². The van der Waals surface area contributed by atoms with Crippen LogP contribution in [-0.2, 0) is 11.3 Å². The van der Waals surface area contributed by atoms with Gasteiger partial charge in [0.1, 0.15) is 0 Å². The smallest absolute Gasteiger partial charge is 0.337 e. The second kappa shape index (κ2) is 6.74. The quantitative estimate of drug-likeness (QED) is 0.809. The van der Waals surface area contributed by atoms with Crippen molar-refractivity contribution in [3.05, 3.63) is 56.7 Å². The number of carbonyl (C=O) groups is 2. The molecule has 0 N–H and O–H groups in total. The Morgan fingerprint density at radius 1 is 1.19 bits per heavy atom. The van der Waals surface area contributed by atoms with Crippen LogP contribution in [0.15, 0.2) is 36.4 Å². The van der Waals surface area contributed by atoms with Crippen LogP contribution in [-0.4, -0.2) is 30.9 Å². The number of hydrogen-bond acceptors (Lipinski definition) is 4. The zero-order valence-corrected chi connectivity index (χ0v) is 13.2. The summed E-state index contributed by atoms with van der Waals surface area (Å²) < 4.78 is 5.23. The zero-order chi connectivity index (χ0) is 15.4. The van der Waals surface area contributed by atoms with Crippen molar-refractivity contribution in [3.63, 3.8) is 0 Å². The Bertz CT molecular complexity index is 651. The lowest BCUT2D eigenvalue weighted by atomic mass is 10.1. The fourth-order valence-corrected chi connectivity index (χ4v) is 2.86. The Morgan fingerprint density at radius 2 is 1.86 bits per heavy atom. The van der Waals surface area contributed by atoms with Crippen LogP contribution in [0.2, 0.25) is 4.34 Å². The van der Waals surface area contributed by atoms with Gasteiger partial charge in [-0.2, -0.15) is 0 Å². The largest absolute Gasteiger partial charge is 0.465 e. The number of halogens is 1. The van der Waals surface area contributed by atoms with Crippen LogP contribution in [0.1, 0.15) is 25.6 Å². The van der Waals surface area contributed by atoms with E-state index in [1.807, 2.05) is 0 Å². The molecular weight excluding hydrogens is 310 g/mol. The predicted octanol–water partition coefficient (Wildman–Crippen LogP) is 3.46. The van der Waals surface area contributed by atoms with E-state index in [4.69, 9.17) is 11.6 Å². The number of ether oxygens (including phenoxy) is 1. The van der Waals surface area contributed by atoms with Gasteiger partial charge in [0.15, 0.2) is 0 Å². The third-order valence-corrected chi connectivity index (χ3v) is 4.14. The van der Waals surface area contributed by atoms with Crippen molar-refractivity contribution in [1.29, 1.82) is 0 Å². The van der Waals surface area contributed by atoms with Crippen LogP contribution in [0.25, 0.3) is 0 Å². The van der Waals surface area contributed by atoms with Crippen molar-refractivity contribution >= 4 is 34.8 Å². The zero-order valence-electron chi connectivity index (χ0n) is 11.6. The number of thiophene rings is 1. The van der Waals surface area contributed by atoms with E-state index >= 15 is 0 Å². The highest BCUT2D eigenvalue weighted by Crippen LogP contribution is 2.23. The van der Waals surface area contributed by atoms with Crippen LogP contribution in [0, 0.1) is 0 Å². The summed E-state index contributed by atoms with van der Waals surface area (Å²) >= 11 is 7.09. The molecule has 1 heterocycles. The molecule has 0 aliphatic carbocycles. The molecule has 0 radical (unpaired) electrons. The Hall–Kier alpha value is -1.85. The predicted molar refractivity (Wildman–Crippen MR) is 82.9 cm³/mol. The highest BCUT2D eigenvalue weighted by Gasteiger charge is 2.14. The highest BCUT2D eigenvalue weighted by atomic mass is 35.5. The summed E-state index contributed by atoms with van der Waals surface area (Å²) in [5.74, 6) is -0.455. The normalized spacial score (nSPS) is 10.2. The highest BCUT2D eigenvalue weighted by molar-refractivity contribution is 7.17. The molecule has 110 valence electrons. The molecule has 1 amide bonds. The van der Waals surface area contributed by atoms with Gasteiger partial charge in [0, 0.05) is 13.6 Å². The van der Waals surface area contributed by atoms with Gasteiger partial charge in [0.2, 0.25) is 0 Å². The summed E-state index contributed by atoms with van der Waals surface area (Å²) in [5.41, 5.74) is 1.42. The summed E-state index contributed by atoms with van der Waals surface area (Å²) in [6.07, 6.45) is 0. The van der Waals surface area contributed by atoms with Crippen LogP contribution in [0.3, 0.4) is 0 Å². The lowest BCUT2D eigenvalue weighted by Crippen LogP contribution is -2.25. The van der Waals surface area contributed by atoms with E-state index in [1.165, 1.54) is 18.4 Å². The maximum Gasteiger partial charge on any atom is 0.337 e. The van der Waals surface area contributed by atoms with E-state index in [9.17, 15) is 9.59 Å². The third-order valence-electron chi connectivity index (χ3n) is 2.93. The van der Waals surface area contributed by atoms with E-state index in [1.54, 1.807) is 48.3 Å². The number of benzene rings is 1. The summed E-state index contributed by atoms with van der Waals surface area (Å²) in [6, 6.07) is 10.4. The van der Waals surface area contributed by atoms with Crippen molar-refractivity contribution in [3.8, 4) is 0 Å². The van der Waals surface area contributed by atoms with Crippen molar-refractivity contribution in [2.45, 2.75) is 6.54 Å². The molecule has 6 heteroatoms. The van der Waals surface area contributed by atoms with Gasteiger partial charge in [-0.05, 0) is 29.8 Å². The average Bonchev–Trinajstić information content (AvgIpc) is 2.93. The van der Waals surface area contributed by atoms with Crippen LogP contribution in [0.4, 0.5) is 0 Å². The van der Waals surface area contributed by atoms with Crippen LogP contribution in [0.5, 0.6) is 0 Å². The van der Waals surface area contributed by atoms with Crippen molar-refractivity contribution < 1.29 is 14.3 Å². The summed E-state index contributed by atoms with van der Waals surface area (Å²) in [6.45, 7) is 0.454. The fourth-order valence-electron chi connectivity index (χ4n) is 1.83. The van der Waals surface area contributed by atoms with E-state index in [0.717, 1.165) is 5.56 Å². The number of hydrogen-bond donors (Lipinski definition) is 0. The second-order valence-electron chi connectivity index (χ2n) is 4.45. The van der Waals surface area contributed by atoms with E-state index in [2.05, 4.69) is 4.74 Å². The molecule has 1 aromatic carbocycles. The maximum atomic E-state index is 12.2. The summed E-state index contributed by atoms with van der Waals surface area (Å²) in [7, 11) is 3.07. The standard InChI is InChI=1S/C15H14ClNO3S/c1-17(14(18)12-7-8-13(16)21-12)9-10-3-5-11(6-4-10)15(19)20-2/h3-8H,9H2,1-2H3. The first-order valence-electron chi connectivity index (χ1n) is 6.19. The van der Waals surface area contributed by atoms with Crippen molar-refractivity contribution in [2.75, 3.05) is 14.2 Å². The first-order valence-corrected chi connectivity index (χ1v) is 7.38. The van der Waals surface area contributed by atoms with Gasteiger partial charge >= 0.3 is 5.97 Å². The molecular formula is C15H14ClNO3S. The van der Waals surface area contributed by atoms with Gasteiger partial charge < -0.3 is 9.64 Å². The molecule has 0 atom stereocenters. The minimum Gasteiger partial charge on any atom is -0.465 e. The lowest BCUT2D eigenvalue weighted by molar-refractivity contribution is 0.0600. The average molecular weight is 324 g/mol. The van der Waals surface area contributed by atoms with Crippen LogP contribution < -0.4 is 0 Å². The first kappa shape index (κ1) is 15.5. The van der Waals surface area contributed by atoms with E-state index < -0.39 is 0 Å².